The van der Waals surface area contributed by atoms with Crippen LogP contribution in [0, 0.1) is 11.3 Å². The van der Waals surface area contributed by atoms with Crippen molar-refractivity contribution >= 4 is 46.7 Å². The van der Waals surface area contributed by atoms with Gasteiger partial charge in [-0.1, -0.05) is 94.4 Å². The van der Waals surface area contributed by atoms with Crippen LogP contribution in [0.25, 0.3) is 0 Å². The molecule has 1 aliphatic carbocycles. The predicted molar refractivity (Wildman–Crippen MR) is 211 cm³/mol. The molecule has 2 heterocycles. The minimum Gasteiger partial charge on any atom is -0.497 e. The number of oxime groups is 1. The van der Waals surface area contributed by atoms with Gasteiger partial charge in [0.15, 0.2) is 5.60 Å². The summed E-state index contributed by atoms with van der Waals surface area (Å²) in [5.74, 6) is -1.79. The van der Waals surface area contributed by atoms with E-state index in [1.165, 1.54) is 11.3 Å². The molecule has 12 nitrogen and oxygen atoms in total. The second-order valence-corrected chi connectivity index (χ2v) is 16.8. The molecular formula is C42H56ClN5O7. The maximum atomic E-state index is 14.7. The molecule has 0 aromatic heterocycles. The quantitative estimate of drug-likeness (QED) is 0.201. The van der Waals surface area contributed by atoms with E-state index >= 15 is 0 Å². The molecule has 1 spiro atoms. The molecule has 0 unspecified atom stereocenters. The Morgan fingerprint density at radius 2 is 1.78 bits per heavy atom. The first-order chi connectivity index (χ1) is 26.2. The van der Waals surface area contributed by atoms with Crippen molar-refractivity contribution in [1.82, 2.24) is 20.9 Å². The minimum atomic E-state index is -1.11. The highest BCUT2D eigenvalue weighted by Gasteiger charge is 2.55. The number of ether oxygens (including phenoxy) is 1. The van der Waals surface area contributed by atoms with Gasteiger partial charge in [-0.15, -0.1) is 0 Å². The summed E-state index contributed by atoms with van der Waals surface area (Å²) >= 11 is 6.28. The third-order valence-electron chi connectivity index (χ3n) is 10.9. The molecule has 2 fully saturated rings. The summed E-state index contributed by atoms with van der Waals surface area (Å²) in [6.07, 6.45) is 7.30. The Balaban J connectivity index is 1.33. The number of benzene rings is 2. The summed E-state index contributed by atoms with van der Waals surface area (Å²) in [6, 6.07) is 11.6. The molecule has 4 atom stereocenters. The average molecular weight is 778 g/mol. The van der Waals surface area contributed by atoms with Crippen LogP contribution in [0.1, 0.15) is 103 Å². The molecule has 0 bridgehead atoms. The number of carbonyl (C=O) groups is 5. The average Bonchev–Trinajstić information content (AvgIpc) is 3.76. The molecule has 1 saturated carbocycles. The van der Waals surface area contributed by atoms with Crippen LogP contribution in [0.5, 0.6) is 5.75 Å². The normalized spacial score (nSPS) is 20.9. The van der Waals surface area contributed by atoms with E-state index in [1.54, 1.807) is 19.2 Å². The number of nitrogens with one attached hydrogen (secondary N) is 3. The van der Waals surface area contributed by atoms with Gasteiger partial charge in [-0.2, -0.15) is 0 Å². The molecule has 55 heavy (non-hydrogen) atoms. The number of Topliss-reactive ketones (excluding diaryl/α,β-unsaturated/α-hetero) is 1. The van der Waals surface area contributed by atoms with Gasteiger partial charge in [0, 0.05) is 36.4 Å². The Bertz CT molecular complexity index is 1750. The van der Waals surface area contributed by atoms with Crippen molar-refractivity contribution in [1.29, 1.82) is 0 Å². The second-order valence-electron chi connectivity index (χ2n) is 16.3. The van der Waals surface area contributed by atoms with Gasteiger partial charge in [-0.05, 0) is 66.8 Å². The number of amides is 4. The number of hydrogen-bond acceptors (Lipinski definition) is 8. The van der Waals surface area contributed by atoms with Crippen LogP contribution in [0.2, 0.25) is 5.02 Å². The van der Waals surface area contributed by atoms with Crippen LogP contribution in [-0.2, 0) is 35.2 Å². The molecule has 13 heteroatoms. The van der Waals surface area contributed by atoms with E-state index in [9.17, 15) is 24.0 Å². The molecule has 2 aromatic carbocycles. The zero-order valence-electron chi connectivity index (χ0n) is 32.8. The summed E-state index contributed by atoms with van der Waals surface area (Å²) < 4.78 is 5.27. The van der Waals surface area contributed by atoms with E-state index in [0.717, 1.165) is 36.8 Å². The molecule has 1 saturated heterocycles. The van der Waals surface area contributed by atoms with Crippen molar-refractivity contribution in [3.8, 4) is 5.75 Å². The van der Waals surface area contributed by atoms with Crippen molar-refractivity contribution in [3.63, 3.8) is 0 Å². The van der Waals surface area contributed by atoms with Gasteiger partial charge in [0.1, 0.15) is 17.8 Å². The highest BCUT2D eigenvalue weighted by Crippen LogP contribution is 2.40. The van der Waals surface area contributed by atoms with Crippen LogP contribution < -0.4 is 20.7 Å². The lowest BCUT2D eigenvalue weighted by Crippen LogP contribution is -2.59. The second kappa shape index (κ2) is 18.5. The number of carbonyl (C=O) groups excluding carboxylic acids is 5. The van der Waals surface area contributed by atoms with Crippen LogP contribution in [0.15, 0.2) is 53.7 Å². The Labute approximate surface area is 329 Å². The Morgan fingerprint density at radius 3 is 2.47 bits per heavy atom. The molecule has 2 aliphatic heterocycles. The fourth-order valence-electron chi connectivity index (χ4n) is 7.86. The Morgan fingerprint density at radius 1 is 1.04 bits per heavy atom. The van der Waals surface area contributed by atoms with E-state index in [0.29, 0.717) is 42.2 Å². The number of halogens is 1. The van der Waals surface area contributed by atoms with E-state index in [-0.39, 0.29) is 37.8 Å². The maximum absolute atomic E-state index is 14.7. The molecule has 0 radical (unpaired) electrons. The number of rotatable bonds is 15. The van der Waals surface area contributed by atoms with Crippen LogP contribution in [0.3, 0.4) is 0 Å². The molecular weight excluding hydrogens is 722 g/mol. The largest absolute Gasteiger partial charge is 0.497 e. The number of likely N-dealkylation sites (tertiary alicyclic amines) is 1. The number of hydrogen-bond donors (Lipinski definition) is 3. The van der Waals surface area contributed by atoms with Crippen molar-refractivity contribution in [2.75, 3.05) is 20.2 Å². The Hall–Kier alpha value is -4.45. The summed E-state index contributed by atoms with van der Waals surface area (Å²) in [7, 11) is 1.58. The fourth-order valence-corrected chi connectivity index (χ4v) is 8.05. The zero-order valence-corrected chi connectivity index (χ0v) is 33.5. The molecule has 5 rings (SSSR count). The standard InChI is InChI=1S/C42H56ClN5O7/c1-6-12-32(36(50)39(52)44-20-19-28-15-10-18-31(21-28)54-5)45-38(51)34-25-42(24-33(47-55-42)29-16-11-17-30(43)23-29)26-48(34)40(53)37(41(2,3)4)46-35(49)22-27-13-8-7-9-14-27/h10-11,15-18,21,23,27,32,34,37H,6-9,12-14,19-20,22,24-26H2,1-5H3,(H,44,52)(H,45,51)(H,46,49)/t32-,34-,37+,42+/m0/s1. The first kappa shape index (κ1) is 41.7. The summed E-state index contributed by atoms with van der Waals surface area (Å²) in [4.78, 5) is 76.6. The fraction of sp³-hybridized carbons (Fsp3) is 0.571. The van der Waals surface area contributed by atoms with Gasteiger partial charge in [0.05, 0.1) is 25.4 Å². The first-order valence-electron chi connectivity index (χ1n) is 19.6. The van der Waals surface area contributed by atoms with Crippen LogP contribution in [-0.4, -0.2) is 83.9 Å². The van der Waals surface area contributed by atoms with Crippen LogP contribution in [0.4, 0.5) is 0 Å². The molecule has 3 aliphatic rings. The number of nitrogens with zero attached hydrogens (tertiary/aromatic N) is 2. The lowest BCUT2D eigenvalue weighted by atomic mass is 9.84. The van der Waals surface area contributed by atoms with Gasteiger partial charge in [-0.25, -0.2) is 0 Å². The van der Waals surface area contributed by atoms with Crippen molar-refractivity contribution in [2.24, 2.45) is 16.5 Å². The summed E-state index contributed by atoms with van der Waals surface area (Å²) in [6.45, 7) is 7.75. The van der Waals surface area contributed by atoms with Crippen molar-refractivity contribution < 1.29 is 33.5 Å². The van der Waals surface area contributed by atoms with E-state index < -0.39 is 52.6 Å². The van der Waals surface area contributed by atoms with E-state index in [1.807, 2.05) is 64.1 Å². The smallest absolute Gasteiger partial charge is 0.289 e. The Kier molecular flexibility index (Phi) is 14.0. The van der Waals surface area contributed by atoms with Gasteiger partial charge in [0.25, 0.3) is 5.91 Å². The monoisotopic (exact) mass is 777 g/mol. The molecule has 2 aromatic rings. The number of ketones is 1. The molecule has 4 amide bonds. The predicted octanol–water partition coefficient (Wildman–Crippen LogP) is 5.53. The first-order valence-corrected chi connectivity index (χ1v) is 20.0. The van der Waals surface area contributed by atoms with Gasteiger partial charge in [-0.3, -0.25) is 24.0 Å². The minimum absolute atomic E-state index is 0.0275. The summed E-state index contributed by atoms with van der Waals surface area (Å²) in [5, 5.41) is 13.5. The van der Waals surface area contributed by atoms with E-state index in [2.05, 4.69) is 21.1 Å². The lowest BCUT2D eigenvalue weighted by Gasteiger charge is -2.36. The van der Waals surface area contributed by atoms with Crippen molar-refractivity contribution in [3.05, 3.63) is 64.7 Å². The highest BCUT2D eigenvalue weighted by molar-refractivity contribution is 6.38. The summed E-state index contributed by atoms with van der Waals surface area (Å²) in [5.41, 5.74) is 0.600. The third-order valence-corrected chi connectivity index (χ3v) is 11.1. The van der Waals surface area contributed by atoms with Gasteiger partial charge in [0.2, 0.25) is 23.5 Å². The van der Waals surface area contributed by atoms with Gasteiger partial charge >= 0.3 is 0 Å². The van der Waals surface area contributed by atoms with E-state index in [4.69, 9.17) is 21.2 Å². The topological polar surface area (TPSA) is 155 Å². The highest BCUT2D eigenvalue weighted by atomic mass is 35.5. The SMILES string of the molecule is CCC[C@H](NC(=O)[C@@H]1C[C@]2(CC(c3cccc(Cl)c3)=NO2)CN1C(=O)[C@@H](NC(=O)CC1CCCCC1)C(C)(C)C)C(=O)C(=O)NCCc1cccc(OC)c1. The van der Waals surface area contributed by atoms with Gasteiger partial charge < -0.3 is 30.4 Å². The molecule has 298 valence electrons. The lowest BCUT2D eigenvalue weighted by molar-refractivity contribution is -0.145. The zero-order chi connectivity index (χ0) is 39.8. The maximum Gasteiger partial charge on any atom is 0.289 e. The third kappa shape index (κ3) is 10.9. The molecule has 3 N–H and O–H groups in total. The van der Waals surface area contributed by atoms with Crippen LogP contribution >= 0.6 is 11.6 Å². The van der Waals surface area contributed by atoms with Crippen molar-refractivity contribution in [2.45, 2.75) is 122 Å². The number of methoxy groups -OCH3 is 1.